The normalized spacial score (nSPS) is 18.9. The zero-order valence-electron chi connectivity index (χ0n) is 11.1. The van der Waals surface area contributed by atoms with E-state index in [2.05, 4.69) is 10.6 Å². The highest BCUT2D eigenvalue weighted by atomic mass is 16.5. The molecular weight excluding hydrogens is 244 g/mol. The van der Waals surface area contributed by atoms with Gasteiger partial charge in [0, 0.05) is 6.54 Å². The summed E-state index contributed by atoms with van der Waals surface area (Å²) in [6.45, 7) is 1.93. The fraction of sp³-hybridized carbons (Fsp3) is 0.500. The van der Waals surface area contributed by atoms with E-state index in [0.29, 0.717) is 11.4 Å². The minimum atomic E-state index is -0.157. The lowest BCUT2D eigenvalue weighted by molar-refractivity contribution is -0.122. The number of para-hydroxylation sites is 2. The Hall–Kier alpha value is -1.59. The van der Waals surface area contributed by atoms with E-state index in [9.17, 15) is 4.79 Å². The van der Waals surface area contributed by atoms with Crippen LogP contribution in [0.4, 0.5) is 5.69 Å². The van der Waals surface area contributed by atoms with E-state index < -0.39 is 0 Å². The molecule has 104 valence electrons. The Balaban J connectivity index is 1.80. The molecule has 0 aliphatic carbocycles. The van der Waals surface area contributed by atoms with Crippen molar-refractivity contribution in [1.82, 2.24) is 5.32 Å². The molecule has 5 heteroatoms. The van der Waals surface area contributed by atoms with Gasteiger partial charge in [-0.05, 0) is 31.5 Å². The SMILES string of the molecule is COc1ccccc1NC(=O)COC1CCCNC1. The van der Waals surface area contributed by atoms with Gasteiger partial charge in [-0.25, -0.2) is 0 Å². The number of hydrogen-bond donors (Lipinski definition) is 2. The molecule has 2 rings (SSSR count). The number of carbonyl (C=O) groups excluding carboxylic acids is 1. The molecule has 0 saturated carbocycles. The maximum Gasteiger partial charge on any atom is 0.250 e. The summed E-state index contributed by atoms with van der Waals surface area (Å²) in [4.78, 5) is 11.8. The van der Waals surface area contributed by atoms with Gasteiger partial charge in [0.1, 0.15) is 12.4 Å². The molecule has 1 saturated heterocycles. The number of ether oxygens (including phenoxy) is 2. The van der Waals surface area contributed by atoms with Crippen LogP contribution in [0, 0.1) is 0 Å². The van der Waals surface area contributed by atoms with Crippen molar-refractivity contribution < 1.29 is 14.3 Å². The summed E-state index contributed by atoms with van der Waals surface area (Å²) in [7, 11) is 1.58. The van der Waals surface area contributed by atoms with Gasteiger partial charge in [0.15, 0.2) is 0 Å². The molecule has 1 atom stereocenters. The second-order valence-corrected chi connectivity index (χ2v) is 4.53. The van der Waals surface area contributed by atoms with Gasteiger partial charge in [-0.2, -0.15) is 0 Å². The van der Waals surface area contributed by atoms with Gasteiger partial charge < -0.3 is 20.1 Å². The molecule has 1 amide bonds. The van der Waals surface area contributed by atoms with Crippen LogP contribution in [-0.4, -0.2) is 38.8 Å². The molecule has 1 unspecified atom stereocenters. The number of hydrogen-bond acceptors (Lipinski definition) is 4. The summed E-state index contributed by atoms with van der Waals surface area (Å²) in [5.41, 5.74) is 0.667. The van der Waals surface area contributed by atoms with E-state index in [4.69, 9.17) is 9.47 Å². The van der Waals surface area contributed by atoms with Crippen LogP contribution in [0.5, 0.6) is 5.75 Å². The van der Waals surface area contributed by atoms with Crippen molar-refractivity contribution in [2.75, 3.05) is 32.1 Å². The molecule has 0 radical (unpaired) electrons. The van der Waals surface area contributed by atoms with Crippen molar-refractivity contribution in [3.63, 3.8) is 0 Å². The first-order valence-corrected chi connectivity index (χ1v) is 6.55. The van der Waals surface area contributed by atoms with Crippen LogP contribution in [0.15, 0.2) is 24.3 Å². The van der Waals surface area contributed by atoms with Crippen molar-refractivity contribution in [3.8, 4) is 5.75 Å². The molecule has 5 nitrogen and oxygen atoms in total. The predicted molar refractivity (Wildman–Crippen MR) is 73.5 cm³/mol. The van der Waals surface area contributed by atoms with Gasteiger partial charge in [-0.3, -0.25) is 4.79 Å². The number of nitrogens with one attached hydrogen (secondary N) is 2. The monoisotopic (exact) mass is 264 g/mol. The number of piperidine rings is 1. The minimum Gasteiger partial charge on any atom is -0.495 e. The van der Waals surface area contributed by atoms with Crippen LogP contribution in [0.2, 0.25) is 0 Å². The first-order valence-electron chi connectivity index (χ1n) is 6.55. The Labute approximate surface area is 113 Å². The number of methoxy groups -OCH3 is 1. The maximum absolute atomic E-state index is 11.8. The Morgan fingerprint density at radius 2 is 2.32 bits per heavy atom. The van der Waals surface area contributed by atoms with Crippen molar-refractivity contribution in [3.05, 3.63) is 24.3 Å². The highest BCUT2D eigenvalue weighted by Crippen LogP contribution is 2.22. The van der Waals surface area contributed by atoms with Crippen molar-refractivity contribution in [1.29, 1.82) is 0 Å². The number of carbonyl (C=O) groups is 1. The molecule has 1 aliphatic rings. The fourth-order valence-corrected chi connectivity index (χ4v) is 2.09. The lowest BCUT2D eigenvalue weighted by Gasteiger charge is -2.22. The minimum absolute atomic E-state index is 0.0738. The fourth-order valence-electron chi connectivity index (χ4n) is 2.09. The molecule has 1 aliphatic heterocycles. The molecule has 1 aromatic rings. The first-order chi connectivity index (χ1) is 9.29. The van der Waals surface area contributed by atoms with Crippen LogP contribution in [0.25, 0.3) is 0 Å². The summed E-state index contributed by atoms with van der Waals surface area (Å²) < 4.78 is 10.8. The third kappa shape index (κ3) is 4.22. The molecule has 19 heavy (non-hydrogen) atoms. The molecule has 1 heterocycles. The predicted octanol–water partition coefficient (Wildman–Crippen LogP) is 1.40. The van der Waals surface area contributed by atoms with E-state index in [0.717, 1.165) is 25.9 Å². The number of amides is 1. The second kappa shape index (κ2) is 7.11. The lowest BCUT2D eigenvalue weighted by atomic mass is 10.1. The zero-order valence-corrected chi connectivity index (χ0v) is 11.1. The van der Waals surface area contributed by atoms with Gasteiger partial charge in [-0.1, -0.05) is 12.1 Å². The lowest BCUT2D eigenvalue weighted by Crippen LogP contribution is -2.37. The Kier molecular flexibility index (Phi) is 5.18. The van der Waals surface area contributed by atoms with E-state index >= 15 is 0 Å². The van der Waals surface area contributed by atoms with Gasteiger partial charge in [0.25, 0.3) is 0 Å². The summed E-state index contributed by atoms with van der Waals surface area (Å²) in [6.07, 6.45) is 2.24. The van der Waals surface area contributed by atoms with Gasteiger partial charge in [0.2, 0.25) is 5.91 Å². The van der Waals surface area contributed by atoms with Crippen molar-refractivity contribution >= 4 is 11.6 Å². The quantitative estimate of drug-likeness (QED) is 0.844. The summed E-state index contributed by atoms with van der Waals surface area (Å²) in [6, 6.07) is 7.32. The van der Waals surface area contributed by atoms with E-state index in [1.807, 2.05) is 18.2 Å². The largest absolute Gasteiger partial charge is 0.495 e. The molecule has 0 aromatic heterocycles. The van der Waals surface area contributed by atoms with Gasteiger partial charge in [0.05, 0.1) is 18.9 Å². The number of rotatable bonds is 5. The van der Waals surface area contributed by atoms with Crippen LogP contribution < -0.4 is 15.4 Å². The summed E-state index contributed by atoms with van der Waals surface area (Å²) in [5, 5.41) is 6.04. The van der Waals surface area contributed by atoms with Gasteiger partial charge in [-0.15, -0.1) is 0 Å². The Bertz CT molecular complexity index is 417. The molecule has 1 fully saturated rings. The number of benzene rings is 1. The highest BCUT2D eigenvalue weighted by molar-refractivity contribution is 5.93. The molecule has 0 spiro atoms. The van der Waals surface area contributed by atoms with Crippen molar-refractivity contribution in [2.45, 2.75) is 18.9 Å². The zero-order chi connectivity index (χ0) is 13.5. The topological polar surface area (TPSA) is 59.6 Å². The number of anilines is 1. The standard InChI is InChI=1S/C14H20N2O3/c1-18-13-7-3-2-6-12(13)16-14(17)10-19-11-5-4-8-15-9-11/h2-3,6-7,11,15H,4-5,8-10H2,1H3,(H,16,17). The Morgan fingerprint density at radius 3 is 3.05 bits per heavy atom. The average Bonchev–Trinajstić information content (AvgIpc) is 2.47. The first kappa shape index (κ1) is 13.8. The van der Waals surface area contributed by atoms with E-state index in [1.54, 1.807) is 13.2 Å². The van der Waals surface area contributed by atoms with E-state index in [1.165, 1.54) is 0 Å². The molecule has 1 aromatic carbocycles. The van der Waals surface area contributed by atoms with E-state index in [-0.39, 0.29) is 18.6 Å². The molecule has 0 bridgehead atoms. The highest BCUT2D eigenvalue weighted by Gasteiger charge is 2.15. The smallest absolute Gasteiger partial charge is 0.250 e. The van der Waals surface area contributed by atoms with Crippen LogP contribution in [0.3, 0.4) is 0 Å². The Morgan fingerprint density at radius 1 is 1.47 bits per heavy atom. The third-order valence-electron chi connectivity index (χ3n) is 3.08. The molecular formula is C14H20N2O3. The maximum atomic E-state index is 11.8. The van der Waals surface area contributed by atoms with Gasteiger partial charge >= 0.3 is 0 Å². The average molecular weight is 264 g/mol. The van der Waals surface area contributed by atoms with Crippen LogP contribution >= 0.6 is 0 Å². The summed E-state index contributed by atoms with van der Waals surface area (Å²) >= 11 is 0. The third-order valence-corrected chi connectivity index (χ3v) is 3.08. The molecule has 2 N–H and O–H groups in total. The summed E-state index contributed by atoms with van der Waals surface area (Å²) in [5.74, 6) is 0.491. The van der Waals surface area contributed by atoms with Crippen molar-refractivity contribution in [2.24, 2.45) is 0 Å². The second-order valence-electron chi connectivity index (χ2n) is 4.53. The van der Waals surface area contributed by atoms with Crippen LogP contribution in [-0.2, 0) is 9.53 Å². The van der Waals surface area contributed by atoms with Crippen LogP contribution in [0.1, 0.15) is 12.8 Å².